The monoisotopic (exact) mass is 208 g/mol. The van der Waals surface area contributed by atoms with Crippen LogP contribution in [0.15, 0.2) is 24.3 Å². The van der Waals surface area contributed by atoms with Crippen molar-refractivity contribution in [2.45, 2.75) is 11.7 Å². The molecule has 0 spiro atoms. The summed E-state index contributed by atoms with van der Waals surface area (Å²) in [4.78, 5) is 11.5. The zero-order valence-electron chi connectivity index (χ0n) is 7.69. The van der Waals surface area contributed by atoms with Crippen molar-refractivity contribution < 1.29 is 4.79 Å². The summed E-state index contributed by atoms with van der Waals surface area (Å²) in [6, 6.07) is 8.04. The molecule has 1 aliphatic rings. The van der Waals surface area contributed by atoms with Crippen molar-refractivity contribution >= 4 is 17.7 Å². The summed E-state index contributed by atoms with van der Waals surface area (Å²) in [6.45, 7) is 0. The van der Waals surface area contributed by atoms with Crippen molar-refractivity contribution in [1.29, 1.82) is 0 Å². The predicted octanol–water partition coefficient (Wildman–Crippen LogP) is 1.01. The number of rotatable bonds is 1. The fourth-order valence-electron chi connectivity index (χ4n) is 1.69. The summed E-state index contributed by atoms with van der Waals surface area (Å²) < 4.78 is 0. The molecular formula is C10H12N2OS. The van der Waals surface area contributed by atoms with Gasteiger partial charge in [0.15, 0.2) is 0 Å². The fourth-order valence-corrected chi connectivity index (χ4v) is 2.89. The van der Waals surface area contributed by atoms with Crippen molar-refractivity contribution in [2.24, 2.45) is 5.84 Å². The highest BCUT2D eigenvalue weighted by atomic mass is 32.2. The summed E-state index contributed by atoms with van der Waals surface area (Å²) >= 11 is 1.65. The van der Waals surface area contributed by atoms with E-state index in [0.717, 1.165) is 17.7 Å². The number of hydrogen-bond acceptors (Lipinski definition) is 3. The first-order valence-corrected chi connectivity index (χ1v) is 5.57. The van der Waals surface area contributed by atoms with Gasteiger partial charge in [0.05, 0.1) is 0 Å². The lowest BCUT2D eigenvalue weighted by atomic mass is 10.0. The topological polar surface area (TPSA) is 55.1 Å². The van der Waals surface area contributed by atoms with Gasteiger partial charge in [-0.3, -0.25) is 10.2 Å². The molecule has 1 aliphatic heterocycles. The third-order valence-corrected chi connectivity index (χ3v) is 3.62. The van der Waals surface area contributed by atoms with Gasteiger partial charge in [-0.1, -0.05) is 24.3 Å². The first kappa shape index (κ1) is 9.55. The van der Waals surface area contributed by atoms with Gasteiger partial charge < -0.3 is 0 Å². The van der Waals surface area contributed by atoms with Crippen molar-refractivity contribution in [1.82, 2.24) is 5.43 Å². The number of amides is 1. The van der Waals surface area contributed by atoms with Crippen LogP contribution in [0.1, 0.15) is 16.4 Å². The highest BCUT2D eigenvalue weighted by molar-refractivity contribution is 8.00. The molecule has 3 nitrogen and oxygen atoms in total. The largest absolute Gasteiger partial charge is 0.293 e. The zero-order chi connectivity index (χ0) is 9.97. The lowest BCUT2D eigenvalue weighted by Crippen LogP contribution is -2.35. The molecule has 1 amide bonds. The van der Waals surface area contributed by atoms with Crippen molar-refractivity contribution in [2.75, 3.05) is 5.75 Å². The van der Waals surface area contributed by atoms with Crippen LogP contribution >= 0.6 is 11.8 Å². The molecule has 14 heavy (non-hydrogen) atoms. The second-order valence-corrected chi connectivity index (χ2v) is 4.42. The average molecular weight is 208 g/mol. The number of carbonyl (C=O) groups is 1. The minimum absolute atomic E-state index is 0.109. The second kappa shape index (κ2) is 4.02. The molecule has 1 aromatic carbocycles. The van der Waals surface area contributed by atoms with E-state index in [2.05, 4.69) is 11.5 Å². The third kappa shape index (κ3) is 1.63. The van der Waals surface area contributed by atoms with Gasteiger partial charge in [-0.25, -0.2) is 5.84 Å². The number of hydrogen-bond donors (Lipinski definition) is 2. The molecule has 1 heterocycles. The number of nitrogens with two attached hydrogens (primary N) is 1. The van der Waals surface area contributed by atoms with E-state index in [-0.39, 0.29) is 11.2 Å². The maximum Gasteiger partial charge on any atom is 0.251 e. The van der Waals surface area contributed by atoms with Crippen LogP contribution in [0.3, 0.4) is 0 Å². The fraction of sp³-hybridized carbons (Fsp3) is 0.300. The van der Waals surface area contributed by atoms with E-state index in [1.54, 1.807) is 11.8 Å². The van der Waals surface area contributed by atoms with E-state index in [9.17, 15) is 4.79 Å². The molecule has 0 aromatic heterocycles. The van der Waals surface area contributed by atoms with E-state index in [4.69, 9.17) is 5.84 Å². The summed E-state index contributed by atoms with van der Waals surface area (Å²) in [6.07, 6.45) is 1.04. The SMILES string of the molecule is NNC(=O)C1SCCc2ccccc21. The van der Waals surface area contributed by atoms with Gasteiger partial charge in [0.1, 0.15) is 5.25 Å². The normalized spacial score (nSPS) is 19.9. The Balaban J connectivity index is 2.35. The summed E-state index contributed by atoms with van der Waals surface area (Å²) in [7, 11) is 0. The Morgan fingerprint density at radius 3 is 3.07 bits per heavy atom. The number of fused-ring (bicyclic) bond motifs is 1. The lowest BCUT2D eigenvalue weighted by molar-refractivity contribution is -0.120. The van der Waals surface area contributed by atoms with Gasteiger partial charge in [0.25, 0.3) is 5.91 Å². The Bertz CT molecular complexity index is 354. The molecule has 0 saturated heterocycles. The molecule has 0 aliphatic carbocycles. The van der Waals surface area contributed by atoms with Crippen LogP contribution < -0.4 is 11.3 Å². The Morgan fingerprint density at radius 1 is 1.50 bits per heavy atom. The standard InChI is InChI=1S/C10H12N2OS/c11-12-10(13)9-8-4-2-1-3-7(8)5-6-14-9/h1-4,9H,5-6,11H2,(H,12,13). The molecule has 3 N–H and O–H groups in total. The van der Waals surface area contributed by atoms with E-state index >= 15 is 0 Å². The van der Waals surface area contributed by atoms with Crippen LogP contribution in [0.4, 0.5) is 0 Å². The molecule has 0 radical (unpaired) electrons. The van der Waals surface area contributed by atoms with E-state index in [1.165, 1.54) is 5.56 Å². The summed E-state index contributed by atoms with van der Waals surface area (Å²) in [5, 5.41) is -0.134. The minimum atomic E-state index is -0.134. The van der Waals surface area contributed by atoms with Crippen LogP contribution in [0.2, 0.25) is 0 Å². The molecule has 0 fully saturated rings. The van der Waals surface area contributed by atoms with Crippen LogP contribution in [0.25, 0.3) is 0 Å². The number of carbonyl (C=O) groups excluding carboxylic acids is 1. The number of nitrogens with one attached hydrogen (secondary N) is 1. The van der Waals surface area contributed by atoms with E-state index in [1.807, 2.05) is 18.2 Å². The quantitative estimate of drug-likeness (QED) is 0.411. The number of benzene rings is 1. The Labute approximate surface area is 87.0 Å². The van der Waals surface area contributed by atoms with Gasteiger partial charge in [-0.15, -0.1) is 11.8 Å². The molecule has 1 aromatic rings. The maximum absolute atomic E-state index is 11.5. The van der Waals surface area contributed by atoms with Crippen LogP contribution in [-0.2, 0) is 11.2 Å². The molecule has 74 valence electrons. The van der Waals surface area contributed by atoms with Crippen molar-refractivity contribution in [3.8, 4) is 0 Å². The zero-order valence-corrected chi connectivity index (χ0v) is 8.51. The van der Waals surface area contributed by atoms with Gasteiger partial charge in [0, 0.05) is 0 Å². The van der Waals surface area contributed by atoms with Gasteiger partial charge in [-0.2, -0.15) is 0 Å². The Hall–Kier alpha value is -1.00. The molecule has 2 rings (SSSR count). The van der Waals surface area contributed by atoms with Gasteiger partial charge in [0.2, 0.25) is 0 Å². The minimum Gasteiger partial charge on any atom is -0.293 e. The molecule has 0 saturated carbocycles. The predicted molar refractivity (Wildman–Crippen MR) is 57.7 cm³/mol. The van der Waals surface area contributed by atoms with Crippen LogP contribution in [0, 0.1) is 0 Å². The Kier molecular flexibility index (Phi) is 2.74. The van der Waals surface area contributed by atoms with E-state index in [0.29, 0.717) is 0 Å². The Morgan fingerprint density at radius 2 is 2.29 bits per heavy atom. The van der Waals surface area contributed by atoms with Crippen LogP contribution in [0.5, 0.6) is 0 Å². The lowest BCUT2D eigenvalue weighted by Gasteiger charge is -2.23. The molecular weight excluding hydrogens is 196 g/mol. The number of hydrazine groups is 1. The van der Waals surface area contributed by atoms with Crippen molar-refractivity contribution in [3.05, 3.63) is 35.4 Å². The highest BCUT2D eigenvalue weighted by Crippen LogP contribution is 2.36. The van der Waals surface area contributed by atoms with Gasteiger partial charge in [-0.05, 0) is 23.3 Å². The summed E-state index contributed by atoms with van der Waals surface area (Å²) in [5.74, 6) is 6.02. The third-order valence-electron chi connectivity index (χ3n) is 2.37. The maximum atomic E-state index is 11.5. The molecule has 1 unspecified atom stereocenters. The average Bonchev–Trinajstić information content (AvgIpc) is 2.27. The second-order valence-electron chi connectivity index (χ2n) is 3.21. The first-order chi connectivity index (χ1) is 6.83. The van der Waals surface area contributed by atoms with Crippen LogP contribution in [-0.4, -0.2) is 11.7 Å². The molecule has 1 atom stereocenters. The number of aryl methyl sites for hydroxylation is 1. The van der Waals surface area contributed by atoms with Crippen molar-refractivity contribution in [3.63, 3.8) is 0 Å². The molecule has 4 heteroatoms. The van der Waals surface area contributed by atoms with E-state index < -0.39 is 0 Å². The highest BCUT2D eigenvalue weighted by Gasteiger charge is 2.25. The molecule has 0 bridgehead atoms. The smallest absolute Gasteiger partial charge is 0.251 e. The number of thioether (sulfide) groups is 1. The van der Waals surface area contributed by atoms with Gasteiger partial charge >= 0.3 is 0 Å². The summed E-state index contributed by atoms with van der Waals surface area (Å²) in [5.41, 5.74) is 4.58. The first-order valence-electron chi connectivity index (χ1n) is 4.53.